The van der Waals surface area contributed by atoms with Gasteiger partial charge in [-0.1, -0.05) is 48.0 Å². The lowest BCUT2D eigenvalue weighted by molar-refractivity contribution is -0.115. The molecule has 0 unspecified atom stereocenters. The van der Waals surface area contributed by atoms with Crippen LogP contribution in [0.15, 0.2) is 83.8 Å². The molecule has 4 heteroatoms. The van der Waals surface area contributed by atoms with Crippen molar-refractivity contribution in [2.24, 2.45) is 0 Å². The zero-order chi connectivity index (χ0) is 19.1. The van der Waals surface area contributed by atoms with Gasteiger partial charge in [0.25, 0.3) is 0 Å². The normalized spacial score (nSPS) is 11.6. The van der Waals surface area contributed by atoms with Gasteiger partial charge >= 0.3 is 0 Å². The maximum atomic E-state index is 12.4. The largest absolute Gasteiger partial charge is 0.489 e. The lowest BCUT2D eigenvalue weighted by Crippen LogP contribution is -2.22. The Bertz CT molecular complexity index is 861. The Morgan fingerprint density at radius 3 is 2.30 bits per heavy atom. The number of hydrogen-bond acceptors (Lipinski definition) is 3. The predicted octanol–water partition coefficient (Wildman–Crippen LogP) is 5.69. The second-order valence-electron chi connectivity index (χ2n) is 6.36. The maximum absolute atomic E-state index is 12.4. The van der Waals surface area contributed by atoms with E-state index in [-0.39, 0.29) is 11.2 Å². The van der Waals surface area contributed by atoms with E-state index in [9.17, 15) is 4.79 Å². The summed E-state index contributed by atoms with van der Waals surface area (Å²) in [4.78, 5) is 13.5. The lowest BCUT2D eigenvalue weighted by Gasteiger charge is -2.13. The van der Waals surface area contributed by atoms with Crippen LogP contribution in [0.5, 0.6) is 5.75 Å². The highest BCUT2D eigenvalue weighted by molar-refractivity contribution is 8.00. The van der Waals surface area contributed by atoms with Crippen LogP contribution in [0.3, 0.4) is 0 Å². The quantitative estimate of drug-likeness (QED) is 0.537. The molecule has 0 heterocycles. The molecule has 0 aromatic heterocycles. The van der Waals surface area contributed by atoms with E-state index in [1.54, 1.807) is 11.8 Å². The average Bonchev–Trinajstić information content (AvgIpc) is 2.70. The van der Waals surface area contributed by atoms with E-state index >= 15 is 0 Å². The Hall–Kier alpha value is -2.72. The van der Waals surface area contributed by atoms with Crippen molar-refractivity contribution in [3.63, 3.8) is 0 Å². The fourth-order valence-electron chi connectivity index (χ4n) is 2.49. The van der Waals surface area contributed by atoms with E-state index in [4.69, 9.17) is 4.74 Å². The van der Waals surface area contributed by atoms with Gasteiger partial charge < -0.3 is 10.1 Å². The number of hydrogen-bond donors (Lipinski definition) is 1. The smallest absolute Gasteiger partial charge is 0.237 e. The minimum Gasteiger partial charge on any atom is -0.489 e. The number of anilines is 1. The SMILES string of the molecule is Cc1ccc(S[C@H](C)C(=O)Nc2ccc(OCc3ccccc3)cc2)cc1. The first kappa shape index (κ1) is 19.1. The minimum atomic E-state index is -0.179. The Morgan fingerprint density at radius 2 is 1.63 bits per heavy atom. The van der Waals surface area contributed by atoms with Crippen molar-refractivity contribution in [1.82, 2.24) is 0 Å². The van der Waals surface area contributed by atoms with Crippen LogP contribution in [0.4, 0.5) is 5.69 Å². The number of carbonyl (C=O) groups is 1. The molecule has 0 aliphatic rings. The van der Waals surface area contributed by atoms with Gasteiger partial charge in [0.15, 0.2) is 0 Å². The van der Waals surface area contributed by atoms with Gasteiger partial charge in [-0.15, -0.1) is 11.8 Å². The van der Waals surface area contributed by atoms with Crippen molar-refractivity contribution >= 4 is 23.4 Å². The van der Waals surface area contributed by atoms with Crippen molar-refractivity contribution in [3.05, 3.63) is 90.0 Å². The summed E-state index contributed by atoms with van der Waals surface area (Å²) in [7, 11) is 0. The van der Waals surface area contributed by atoms with Crippen LogP contribution in [0.2, 0.25) is 0 Å². The third-order valence-electron chi connectivity index (χ3n) is 4.07. The van der Waals surface area contributed by atoms with E-state index in [0.29, 0.717) is 6.61 Å². The molecule has 0 aliphatic carbocycles. The summed E-state index contributed by atoms with van der Waals surface area (Å²) in [6, 6.07) is 25.7. The van der Waals surface area contributed by atoms with Gasteiger partial charge in [-0.05, 0) is 55.8 Å². The van der Waals surface area contributed by atoms with Gasteiger partial charge in [-0.2, -0.15) is 0 Å². The summed E-state index contributed by atoms with van der Waals surface area (Å²) in [5, 5.41) is 2.78. The monoisotopic (exact) mass is 377 g/mol. The summed E-state index contributed by atoms with van der Waals surface area (Å²) >= 11 is 1.55. The lowest BCUT2D eigenvalue weighted by atomic mass is 10.2. The zero-order valence-corrected chi connectivity index (χ0v) is 16.3. The fraction of sp³-hybridized carbons (Fsp3) is 0.174. The Balaban J connectivity index is 1.51. The summed E-state index contributed by atoms with van der Waals surface area (Å²) in [5.41, 5.74) is 3.10. The number of carbonyl (C=O) groups excluding carboxylic acids is 1. The Kier molecular flexibility index (Phi) is 6.55. The van der Waals surface area contributed by atoms with Crippen molar-refractivity contribution in [2.45, 2.75) is 30.6 Å². The molecule has 0 aliphatic heterocycles. The number of nitrogens with one attached hydrogen (secondary N) is 1. The zero-order valence-electron chi connectivity index (χ0n) is 15.5. The maximum Gasteiger partial charge on any atom is 0.237 e. The van der Waals surface area contributed by atoms with Crippen molar-refractivity contribution < 1.29 is 9.53 Å². The van der Waals surface area contributed by atoms with Gasteiger partial charge in [-0.3, -0.25) is 4.79 Å². The standard InChI is InChI=1S/C23H23NO2S/c1-17-8-14-22(15-9-17)27-18(2)23(25)24-20-10-12-21(13-11-20)26-16-19-6-4-3-5-7-19/h3-15,18H,16H2,1-2H3,(H,24,25)/t18-/m1/s1. The molecule has 0 saturated heterocycles. The third kappa shape index (κ3) is 5.90. The molecule has 138 valence electrons. The summed E-state index contributed by atoms with van der Waals surface area (Å²) in [6.45, 7) is 4.49. The van der Waals surface area contributed by atoms with E-state index in [2.05, 4.69) is 24.4 Å². The van der Waals surface area contributed by atoms with Crippen molar-refractivity contribution in [2.75, 3.05) is 5.32 Å². The van der Waals surface area contributed by atoms with Crippen molar-refractivity contribution in [1.29, 1.82) is 0 Å². The van der Waals surface area contributed by atoms with E-state index < -0.39 is 0 Å². The molecule has 0 saturated carbocycles. The second-order valence-corrected chi connectivity index (χ2v) is 7.78. The van der Waals surface area contributed by atoms with Gasteiger partial charge in [-0.25, -0.2) is 0 Å². The van der Waals surface area contributed by atoms with Gasteiger partial charge in [0.05, 0.1) is 5.25 Å². The molecular formula is C23H23NO2S. The number of amides is 1. The fourth-order valence-corrected chi connectivity index (χ4v) is 3.36. The molecule has 0 fully saturated rings. The highest BCUT2D eigenvalue weighted by atomic mass is 32.2. The highest BCUT2D eigenvalue weighted by Crippen LogP contribution is 2.25. The minimum absolute atomic E-state index is 0.0153. The molecule has 0 bridgehead atoms. The molecule has 0 radical (unpaired) electrons. The van der Waals surface area contributed by atoms with Gasteiger partial charge in [0, 0.05) is 10.6 Å². The second kappa shape index (κ2) is 9.28. The molecule has 0 spiro atoms. The van der Waals surface area contributed by atoms with Crippen LogP contribution in [0.1, 0.15) is 18.1 Å². The molecule has 27 heavy (non-hydrogen) atoms. The van der Waals surface area contributed by atoms with E-state index in [0.717, 1.165) is 21.9 Å². The first-order valence-electron chi connectivity index (χ1n) is 8.91. The molecule has 3 rings (SSSR count). The van der Waals surface area contributed by atoms with Crippen LogP contribution in [0, 0.1) is 6.92 Å². The third-order valence-corrected chi connectivity index (χ3v) is 5.19. The molecule has 1 amide bonds. The molecular weight excluding hydrogens is 354 g/mol. The first-order chi connectivity index (χ1) is 13.1. The predicted molar refractivity (Wildman–Crippen MR) is 112 cm³/mol. The Labute approximate surface area is 164 Å². The van der Waals surface area contributed by atoms with Crippen molar-refractivity contribution in [3.8, 4) is 5.75 Å². The summed E-state index contributed by atoms with van der Waals surface area (Å²) < 4.78 is 5.77. The van der Waals surface area contributed by atoms with Crippen LogP contribution >= 0.6 is 11.8 Å². The Morgan fingerprint density at radius 1 is 0.963 bits per heavy atom. The van der Waals surface area contributed by atoms with Crippen LogP contribution in [-0.4, -0.2) is 11.2 Å². The number of benzene rings is 3. The molecule has 3 aromatic carbocycles. The summed E-state index contributed by atoms with van der Waals surface area (Å²) in [5.74, 6) is 0.762. The van der Waals surface area contributed by atoms with Crippen LogP contribution in [-0.2, 0) is 11.4 Å². The number of aryl methyl sites for hydroxylation is 1. The topological polar surface area (TPSA) is 38.3 Å². The molecule has 3 aromatic rings. The highest BCUT2D eigenvalue weighted by Gasteiger charge is 2.14. The summed E-state index contributed by atoms with van der Waals surface area (Å²) in [6.07, 6.45) is 0. The molecule has 1 N–H and O–H groups in total. The number of thioether (sulfide) groups is 1. The molecule has 1 atom stereocenters. The average molecular weight is 378 g/mol. The first-order valence-corrected chi connectivity index (χ1v) is 9.79. The number of rotatable bonds is 7. The van der Waals surface area contributed by atoms with Gasteiger partial charge in [0.2, 0.25) is 5.91 Å². The van der Waals surface area contributed by atoms with Crippen LogP contribution < -0.4 is 10.1 Å². The van der Waals surface area contributed by atoms with Gasteiger partial charge in [0.1, 0.15) is 12.4 Å². The van der Waals surface area contributed by atoms with Crippen LogP contribution in [0.25, 0.3) is 0 Å². The van der Waals surface area contributed by atoms with E-state index in [1.165, 1.54) is 5.56 Å². The molecule has 3 nitrogen and oxygen atoms in total. The number of ether oxygens (including phenoxy) is 1. The van der Waals surface area contributed by atoms with E-state index in [1.807, 2.05) is 73.7 Å².